The fourth-order valence-electron chi connectivity index (χ4n) is 5.15. The Morgan fingerprint density at radius 1 is 1.03 bits per heavy atom. The molecule has 2 unspecified atom stereocenters. The number of aromatic nitrogens is 1. The number of aliphatic hydroxyl groups excluding tert-OH is 3. The minimum atomic E-state index is -1.54. The maximum Gasteiger partial charge on any atom is 0.205 e. The molecule has 30 heavy (non-hydrogen) atoms. The number of fused-ring (bicyclic) bond motifs is 6. The van der Waals surface area contributed by atoms with E-state index in [1.165, 1.54) is 11.5 Å². The van der Waals surface area contributed by atoms with Gasteiger partial charge in [-0.15, -0.1) is 0 Å². The smallest absolute Gasteiger partial charge is 0.205 e. The van der Waals surface area contributed by atoms with Gasteiger partial charge in [0, 0.05) is 13.0 Å². The van der Waals surface area contributed by atoms with Crippen molar-refractivity contribution >= 4 is 16.5 Å². The molecule has 5 N–H and O–H groups in total. The van der Waals surface area contributed by atoms with E-state index in [0.717, 1.165) is 0 Å². The van der Waals surface area contributed by atoms with Crippen LogP contribution in [0.25, 0.3) is 21.3 Å². The minimum absolute atomic E-state index is 0.0672. The molecule has 0 radical (unpaired) electrons. The van der Waals surface area contributed by atoms with Crippen LogP contribution in [0.1, 0.15) is 24.5 Å². The fraction of sp³-hybridized carbons (Fsp3) is 0.318. The number of aromatic hydroxyl groups is 2. The lowest BCUT2D eigenvalue weighted by atomic mass is 9.74. The summed E-state index contributed by atoms with van der Waals surface area (Å²) in [6.07, 6.45) is -2.80. The SMILES string of the molecule is [C-]#[N+]c1ccc(-n2c(O)c3c(c2O)C2(CCO)OC3(C)[C@H](O)[C@@H]2O)c2ccccc12. The van der Waals surface area contributed by atoms with Crippen LogP contribution in [0.2, 0.25) is 0 Å². The third kappa shape index (κ3) is 1.98. The van der Waals surface area contributed by atoms with E-state index in [4.69, 9.17) is 11.3 Å². The van der Waals surface area contributed by atoms with Gasteiger partial charge in [-0.1, -0.05) is 30.3 Å². The number of hydrogen-bond acceptors (Lipinski definition) is 6. The van der Waals surface area contributed by atoms with E-state index >= 15 is 0 Å². The van der Waals surface area contributed by atoms with Gasteiger partial charge in [0.2, 0.25) is 11.8 Å². The zero-order valence-corrected chi connectivity index (χ0v) is 16.1. The van der Waals surface area contributed by atoms with Gasteiger partial charge in [0.15, 0.2) is 5.69 Å². The van der Waals surface area contributed by atoms with Crippen molar-refractivity contribution in [2.75, 3.05) is 6.61 Å². The van der Waals surface area contributed by atoms with Crippen LogP contribution in [-0.2, 0) is 15.9 Å². The molecule has 2 bridgehead atoms. The summed E-state index contributed by atoms with van der Waals surface area (Å²) in [6.45, 7) is 8.57. The molecule has 0 saturated carbocycles. The highest BCUT2D eigenvalue weighted by Gasteiger charge is 2.71. The van der Waals surface area contributed by atoms with Crippen LogP contribution in [0.15, 0.2) is 36.4 Å². The van der Waals surface area contributed by atoms with Gasteiger partial charge < -0.3 is 30.3 Å². The van der Waals surface area contributed by atoms with E-state index in [1.54, 1.807) is 36.4 Å². The normalized spacial score (nSPS) is 29.3. The van der Waals surface area contributed by atoms with Crippen LogP contribution >= 0.6 is 0 Å². The highest BCUT2D eigenvalue weighted by atomic mass is 16.6. The van der Waals surface area contributed by atoms with Crippen molar-refractivity contribution in [2.24, 2.45) is 0 Å². The van der Waals surface area contributed by atoms with Gasteiger partial charge in [0.05, 0.1) is 23.4 Å². The van der Waals surface area contributed by atoms with Crippen molar-refractivity contribution in [3.63, 3.8) is 0 Å². The maximum absolute atomic E-state index is 11.2. The van der Waals surface area contributed by atoms with Crippen LogP contribution < -0.4 is 0 Å². The highest BCUT2D eigenvalue weighted by Crippen LogP contribution is 2.65. The second kappa shape index (κ2) is 5.97. The van der Waals surface area contributed by atoms with Crippen LogP contribution in [0, 0.1) is 6.57 Å². The van der Waals surface area contributed by atoms with Gasteiger partial charge in [0.1, 0.15) is 23.4 Å². The summed E-state index contributed by atoms with van der Waals surface area (Å²) in [6, 6.07) is 10.4. The largest absolute Gasteiger partial charge is 0.494 e. The Morgan fingerprint density at radius 3 is 2.37 bits per heavy atom. The lowest BCUT2D eigenvalue weighted by molar-refractivity contribution is -0.119. The molecule has 2 aromatic carbocycles. The number of hydrogen-bond donors (Lipinski definition) is 5. The quantitative estimate of drug-likeness (QED) is 0.424. The van der Waals surface area contributed by atoms with Gasteiger partial charge in [0.25, 0.3) is 0 Å². The van der Waals surface area contributed by atoms with Crippen molar-refractivity contribution in [1.82, 2.24) is 4.57 Å². The van der Waals surface area contributed by atoms with Crippen LogP contribution in [0.5, 0.6) is 11.8 Å². The molecular formula is C22H20N2O6. The first-order chi connectivity index (χ1) is 14.3. The van der Waals surface area contributed by atoms with E-state index in [2.05, 4.69) is 4.85 Å². The van der Waals surface area contributed by atoms with Crippen molar-refractivity contribution in [1.29, 1.82) is 0 Å². The first-order valence-corrected chi connectivity index (χ1v) is 9.56. The molecule has 4 atom stereocenters. The molecule has 154 valence electrons. The number of aliphatic hydroxyl groups is 3. The predicted octanol–water partition coefficient (Wildman–Crippen LogP) is 2.15. The van der Waals surface area contributed by atoms with E-state index in [1.807, 2.05) is 0 Å². The Morgan fingerprint density at radius 2 is 1.70 bits per heavy atom. The number of nitrogens with zero attached hydrogens (tertiary/aromatic N) is 2. The van der Waals surface area contributed by atoms with Crippen molar-refractivity contribution < 1.29 is 30.3 Å². The van der Waals surface area contributed by atoms with E-state index in [9.17, 15) is 25.5 Å². The van der Waals surface area contributed by atoms with Crippen LogP contribution in [0.3, 0.4) is 0 Å². The summed E-state index contributed by atoms with van der Waals surface area (Å²) in [5, 5.41) is 54.6. The third-order valence-electron chi connectivity index (χ3n) is 6.50. The molecule has 1 aromatic heterocycles. The van der Waals surface area contributed by atoms with E-state index in [-0.39, 0.29) is 35.9 Å². The highest BCUT2D eigenvalue weighted by molar-refractivity contribution is 6.00. The second-order valence-electron chi connectivity index (χ2n) is 7.96. The Kier molecular flexibility index (Phi) is 3.76. The summed E-state index contributed by atoms with van der Waals surface area (Å²) in [4.78, 5) is 3.53. The molecule has 2 aliphatic rings. The predicted molar refractivity (Wildman–Crippen MR) is 107 cm³/mol. The van der Waals surface area contributed by atoms with Crippen molar-refractivity contribution in [3.05, 3.63) is 58.9 Å². The van der Waals surface area contributed by atoms with Gasteiger partial charge in [-0.3, -0.25) is 4.57 Å². The Labute approximate surface area is 171 Å². The summed E-state index contributed by atoms with van der Waals surface area (Å²) in [5.74, 6) is -0.664. The minimum Gasteiger partial charge on any atom is -0.494 e. The summed E-state index contributed by atoms with van der Waals surface area (Å²) >= 11 is 0. The summed E-state index contributed by atoms with van der Waals surface area (Å²) in [5.41, 5.74) is -1.78. The van der Waals surface area contributed by atoms with Crippen LogP contribution in [0.4, 0.5) is 5.69 Å². The van der Waals surface area contributed by atoms with Gasteiger partial charge >= 0.3 is 0 Å². The molecule has 3 aromatic rings. The van der Waals surface area contributed by atoms with Gasteiger partial charge in [-0.05, 0) is 23.8 Å². The molecule has 0 spiro atoms. The zero-order chi connectivity index (χ0) is 21.4. The van der Waals surface area contributed by atoms with Gasteiger partial charge in [-0.2, -0.15) is 0 Å². The van der Waals surface area contributed by atoms with E-state index < -0.39 is 23.4 Å². The molecule has 8 nitrogen and oxygen atoms in total. The molecule has 1 fully saturated rings. The molecule has 0 aliphatic carbocycles. The molecule has 8 heteroatoms. The number of benzene rings is 2. The number of rotatable bonds is 3. The summed E-state index contributed by atoms with van der Waals surface area (Å²) in [7, 11) is 0. The first kappa shape index (κ1) is 18.9. The Balaban J connectivity index is 1.85. The lowest BCUT2D eigenvalue weighted by Gasteiger charge is -2.31. The molecule has 3 heterocycles. The molecule has 0 amide bonds. The standard InChI is InChI=1S/C22H20N2O6/c1-21-15-16(22(30-21,9-10-25)18(27)17(21)26)20(29)24(19(15)28)14-8-7-13(23-2)11-5-3-4-6-12(11)14/h3-8,17-18,25-29H,9-10H2,1H3/t17-,18+,21?,22?/m1/s1. The Bertz CT molecular complexity index is 1240. The third-order valence-corrected chi connectivity index (χ3v) is 6.50. The van der Waals surface area contributed by atoms with Gasteiger partial charge in [-0.25, -0.2) is 4.85 Å². The second-order valence-corrected chi connectivity index (χ2v) is 7.96. The summed E-state index contributed by atoms with van der Waals surface area (Å²) < 4.78 is 7.20. The molecule has 2 aliphatic heterocycles. The van der Waals surface area contributed by atoms with E-state index in [0.29, 0.717) is 22.1 Å². The zero-order valence-electron chi connectivity index (χ0n) is 16.1. The molecular weight excluding hydrogens is 388 g/mol. The molecule has 1 saturated heterocycles. The number of ether oxygens (including phenoxy) is 1. The average Bonchev–Trinajstić information content (AvgIpc) is 3.25. The van der Waals surface area contributed by atoms with Crippen LogP contribution in [-0.4, -0.2) is 48.9 Å². The first-order valence-electron chi connectivity index (χ1n) is 9.56. The monoisotopic (exact) mass is 408 g/mol. The Hall–Kier alpha value is -3.09. The average molecular weight is 408 g/mol. The lowest BCUT2D eigenvalue weighted by Crippen LogP contribution is -2.46. The van der Waals surface area contributed by atoms with Crippen molar-refractivity contribution in [2.45, 2.75) is 36.8 Å². The topological polar surface area (TPSA) is 120 Å². The molecule has 5 rings (SSSR count). The maximum atomic E-state index is 11.2. The fourth-order valence-corrected chi connectivity index (χ4v) is 5.15. The van der Waals surface area contributed by atoms with Crippen molar-refractivity contribution in [3.8, 4) is 17.4 Å².